The van der Waals surface area contributed by atoms with Crippen LogP contribution in [0.2, 0.25) is 0 Å². The summed E-state index contributed by atoms with van der Waals surface area (Å²) in [7, 11) is 0. The standard InChI is InChI=1S/C15H30N2O/c1-2-3-11-15(18)17(13-8-12-16)14-9-6-4-5-7-10-14/h14H,2-13,16H2,1H3. The first kappa shape index (κ1) is 15.5. The van der Waals surface area contributed by atoms with Gasteiger partial charge in [-0.05, 0) is 32.2 Å². The molecule has 0 aromatic rings. The predicted octanol–water partition coefficient (Wildman–Crippen LogP) is 3.08. The molecule has 2 N–H and O–H groups in total. The molecule has 1 aliphatic carbocycles. The molecule has 1 amide bonds. The Morgan fingerprint density at radius 2 is 1.83 bits per heavy atom. The van der Waals surface area contributed by atoms with Gasteiger partial charge in [-0.1, -0.05) is 39.0 Å². The van der Waals surface area contributed by atoms with Crippen molar-refractivity contribution in [1.29, 1.82) is 0 Å². The second-order valence-electron chi connectivity index (χ2n) is 5.48. The molecule has 3 nitrogen and oxygen atoms in total. The molecule has 0 bridgehead atoms. The molecule has 0 radical (unpaired) electrons. The first-order chi connectivity index (χ1) is 8.79. The number of nitrogens with zero attached hydrogens (tertiary/aromatic N) is 1. The molecule has 0 aromatic heterocycles. The highest BCUT2D eigenvalue weighted by molar-refractivity contribution is 5.76. The first-order valence-electron chi connectivity index (χ1n) is 7.79. The summed E-state index contributed by atoms with van der Waals surface area (Å²) in [4.78, 5) is 14.5. The van der Waals surface area contributed by atoms with Crippen LogP contribution in [0.25, 0.3) is 0 Å². The van der Waals surface area contributed by atoms with Gasteiger partial charge in [0.1, 0.15) is 0 Å². The second kappa shape index (κ2) is 9.37. The van der Waals surface area contributed by atoms with Crippen LogP contribution in [0, 0.1) is 0 Å². The fraction of sp³-hybridized carbons (Fsp3) is 0.933. The van der Waals surface area contributed by atoms with E-state index in [2.05, 4.69) is 11.8 Å². The van der Waals surface area contributed by atoms with Gasteiger partial charge in [0.15, 0.2) is 0 Å². The van der Waals surface area contributed by atoms with Gasteiger partial charge in [0.05, 0.1) is 0 Å². The van der Waals surface area contributed by atoms with Gasteiger partial charge < -0.3 is 10.6 Å². The van der Waals surface area contributed by atoms with Crippen molar-refractivity contribution in [2.75, 3.05) is 13.1 Å². The van der Waals surface area contributed by atoms with Crippen LogP contribution in [-0.2, 0) is 4.79 Å². The number of nitrogens with two attached hydrogens (primary N) is 1. The number of carbonyl (C=O) groups excluding carboxylic acids is 1. The Morgan fingerprint density at radius 3 is 2.39 bits per heavy atom. The van der Waals surface area contributed by atoms with Crippen LogP contribution < -0.4 is 5.73 Å². The molecule has 0 aliphatic heterocycles. The number of carbonyl (C=O) groups is 1. The number of unbranched alkanes of at least 4 members (excludes halogenated alkanes) is 1. The van der Waals surface area contributed by atoms with E-state index in [1.807, 2.05) is 0 Å². The summed E-state index contributed by atoms with van der Waals surface area (Å²) in [5.74, 6) is 0.359. The molecule has 18 heavy (non-hydrogen) atoms. The third-order valence-corrected chi connectivity index (χ3v) is 3.93. The van der Waals surface area contributed by atoms with Gasteiger partial charge in [-0.25, -0.2) is 0 Å². The van der Waals surface area contributed by atoms with Crippen LogP contribution in [0.1, 0.15) is 71.1 Å². The zero-order chi connectivity index (χ0) is 13.2. The minimum Gasteiger partial charge on any atom is -0.340 e. The molecule has 1 rings (SSSR count). The topological polar surface area (TPSA) is 46.3 Å². The van der Waals surface area contributed by atoms with Crippen molar-refractivity contribution >= 4 is 5.91 Å². The fourth-order valence-electron chi connectivity index (χ4n) is 2.81. The lowest BCUT2D eigenvalue weighted by Gasteiger charge is -2.31. The molecule has 0 unspecified atom stereocenters. The lowest BCUT2D eigenvalue weighted by atomic mass is 10.1. The van der Waals surface area contributed by atoms with E-state index in [9.17, 15) is 4.79 Å². The van der Waals surface area contributed by atoms with Crippen LogP contribution >= 0.6 is 0 Å². The molecular formula is C15H30N2O. The molecule has 0 spiro atoms. The maximum Gasteiger partial charge on any atom is 0.222 e. The Bertz CT molecular complexity index is 223. The van der Waals surface area contributed by atoms with Crippen molar-refractivity contribution in [2.45, 2.75) is 77.2 Å². The number of hydrogen-bond acceptors (Lipinski definition) is 2. The second-order valence-corrected chi connectivity index (χ2v) is 5.48. The smallest absolute Gasteiger partial charge is 0.222 e. The van der Waals surface area contributed by atoms with Crippen molar-refractivity contribution in [3.63, 3.8) is 0 Å². The van der Waals surface area contributed by atoms with E-state index >= 15 is 0 Å². The normalized spacial score (nSPS) is 17.4. The highest BCUT2D eigenvalue weighted by Gasteiger charge is 2.23. The van der Waals surface area contributed by atoms with Crippen LogP contribution in [0.5, 0.6) is 0 Å². The summed E-state index contributed by atoms with van der Waals surface area (Å²) >= 11 is 0. The first-order valence-corrected chi connectivity index (χ1v) is 7.79. The maximum absolute atomic E-state index is 12.3. The van der Waals surface area contributed by atoms with Gasteiger partial charge in [0.2, 0.25) is 5.91 Å². The van der Waals surface area contributed by atoms with Gasteiger partial charge in [0, 0.05) is 19.0 Å². The molecule has 3 heteroatoms. The summed E-state index contributed by atoms with van der Waals surface area (Å²) in [5.41, 5.74) is 5.60. The molecule has 0 aromatic carbocycles. The molecule has 1 aliphatic rings. The van der Waals surface area contributed by atoms with Gasteiger partial charge in [0.25, 0.3) is 0 Å². The van der Waals surface area contributed by atoms with E-state index in [1.54, 1.807) is 0 Å². The summed E-state index contributed by atoms with van der Waals surface area (Å²) in [6.45, 7) is 3.69. The lowest BCUT2D eigenvalue weighted by Crippen LogP contribution is -2.41. The monoisotopic (exact) mass is 254 g/mol. The van der Waals surface area contributed by atoms with Gasteiger partial charge in [-0.15, -0.1) is 0 Å². The highest BCUT2D eigenvalue weighted by Crippen LogP contribution is 2.23. The van der Waals surface area contributed by atoms with E-state index in [-0.39, 0.29) is 0 Å². The van der Waals surface area contributed by atoms with Crippen LogP contribution in [-0.4, -0.2) is 29.9 Å². The molecular weight excluding hydrogens is 224 g/mol. The summed E-state index contributed by atoms with van der Waals surface area (Å²) in [6.07, 6.45) is 11.4. The zero-order valence-electron chi connectivity index (χ0n) is 12.0. The molecule has 1 saturated carbocycles. The minimum absolute atomic E-state index is 0.359. The average Bonchev–Trinajstić information content (AvgIpc) is 2.66. The van der Waals surface area contributed by atoms with Crippen molar-refractivity contribution in [3.05, 3.63) is 0 Å². The van der Waals surface area contributed by atoms with Crippen LogP contribution in [0.15, 0.2) is 0 Å². The van der Waals surface area contributed by atoms with Gasteiger partial charge in [-0.2, -0.15) is 0 Å². The largest absolute Gasteiger partial charge is 0.340 e. The third-order valence-electron chi connectivity index (χ3n) is 3.93. The molecule has 0 saturated heterocycles. The lowest BCUT2D eigenvalue weighted by molar-refractivity contribution is -0.134. The SMILES string of the molecule is CCCCC(=O)N(CCCN)C1CCCCCC1. The summed E-state index contributed by atoms with van der Waals surface area (Å²) in [6, 6.07) is 0.489. The summed E-state index contributed by atoms with van der Waals surface area (Å²) in [5, 5.41) is 0. The predicted molar refractivity (Wildman–Crippen MR) is 76.4 cm³/mol. The van der Waals surface area contributed by atoms with Crippen molar-refractivity contribution < 1.29 is 4.79 Å². The van der Waals surface area contributed by atoms with E-state index in [0.717, 1.165) is 32.2 Å². The van der Waals surface area contributed by atoms with Crippen molar-refractivity contribution in [3.8, 4) is 0 Å². The van der Waals surface area contributed by atoms with Crippen LogP contribution in [0.3, 0.4) is 0 Å². The Labute approximate surface area is 112 Å². The Hall–Kier alpha value is -0.570. The molecule has 106 valence electrons. The van der Waals surface area contributed by atoms with Gasteiger partial charge >= 0.3 is 0 Å². The zero-order valence-corrected chi connectivity index (χ0v) is 12.0. The third kappa shape index (κ3) is 5.38. The number of amides is 1. The fourth-order valence-corrected chi connectivity index (χ4v) is 2.81. The van der Waals surface area contributed by atoms with E-state index < -0.39 is 0 Å². The quantitative estimate of drug-likeness (QED) is 0.710. The van der Waals surface area contributed by atoms with E-state index in [1.165, 1.54) is 38.5 Å². The van der Waals surface area contributed by atoms with Crippen LogP contribution in [0.4, 0.5) is 0 Å². The molecule has 1 fully saturated rings. The summed E-state index contributed by atoms with van der Waals surface area (Å²) < 4.78 is 0. The van der Waals surface area contributed by atoms with Crippen molar-refractivity contribution in [1.82, 2.24) is 4.90 Å². The molecule has 0 atom stereocenters. The maximum atomic E-state index is 12.3. The Morgan fingerprint density at radius 1 is 1.17 bits per heavy atom. The number of hydrogen-bond donors (Lipinski definition) is 1. The van der Waals surface area contributed by atoms with E-state index in [4.69, 9.17) is 5.73 Å². The highest BCUT2D eigenvalue weighted by atomic mass is 16.2. The van der Waals surface area contributed by atoms with Gasteiger partial charge in [-0.3, -0.25) is 4.79 Å². The average molecular weight is 254 g/mol. The van der Waals surface area contributed by atoms with E-state index in [0.29, 0.717) is 18.5 Å². The Balaban J connectivity index is 2.53. The minimum atomic E-state index is 0.359. The molecule has 0 heterocycles. The Kier molecular flexibility index (Phi) is 8.06. The van der Waals surface area contributed by atoms with Crippen molar-refractivity contribution in [2.24, 2.45) is 5.73 Å². The number of rotatable bonds is 7.